The topological polar surface area (TPSA) is 126 Å². The van der Waals surface area contributed by atoms with Gasteiger partial charge in [0.2, 0.25) is 0 Å². The van der Waals surface area contributed by atoms with Crippen LogP contribution in [0.25, 0.3) is 0 Å². The molecule has 144 valence electrons. The fourth-order valence-electron chi connectivity index (χ4n) is 3.23. The second kappa shape index (κ2) is 8.49. The van der Waals surface area contributed by atoms with Gasteiger partial charge >= 0.3 is 5.97 Å². The van der Waals surface area contributed by atoms with Crippen molar-refractivity contribution in [3.8, 4) is 6.07 Å². The predicted molar refractivity (Wildman–Crippen MR) is 97.1 cm³/mol. The third kappa shape index (κ3) is 4.34. The number of hydrogen-bond donors (Lipinski definition) is 1. The molecular formula is C18H22N4O5. The molecule has 1 amide bonds. The average molecular weight is 374 g/mol. The Bertz CT molecular complexity index is 780. The van der Waals surface area contributed by atoms with E-state index in [0.717, 1.165) is 25.3 Å². The second-order valence-corrected chi connectivity index (χ2v) is 6.47. The third-order valence-electron chi connectivity index (χ3n) is 4.93. The van der Waals surface area contributed by atoms with E-state index in [0.29, 0.717) is 18.5 Å². The number of nitrogens with zero attached hydrogens (tertiary/aromatic N) is 3. The molecule has 1 N–H and O–H groups in total. The molecule has 0 aliphatic heterocycles. The second-order valence-electron chi connectivity index (χ2n) is 6.47. The molecule has 0 atom stereocenters. The molecular weight excluding hydrogens is 352 g/mol. The number of anilines is 1. The zero-order valence-corrected chi connectivity index (χ0v) is 15.4. The van der Waals surface area contributed by atoms with Crippen molar-refractivity contribution in [2.45, 2.75) is 37.6 Å². The lowest BCUT2D eigenvalue weighted by Gasteiger charge is -2.38. The monoisotopic (exact) mass is 374 g/mol. The Kier molecular flexibility index (Phi) is 6.34. The fourth-order valence-corrected chi connectivity index (χ4v) is 3.23. The molecule has 0 aromatic heterocycles. The molecule has 1 aromatic rings. The van der Waals surface area contributed by atoms with Crippen LogP contribution in [0, 0.1) is 21.4 Å². The summed E-state index contributed by atoms with van der Waals surface area (Å²) < 4.78 is 5.07. The minimum Gasteiger partial charge on any atom is -0.452 e. The highest BCUT2D eigenvalue weighted by Crippen LogP contribution is 2.32. The lowest BCUT2D eigenvalue weighted by Crippen LogP contribution is -2.51. The van der Waals surface area contributed by atoms with Crippen molar-refractivity contribution < 1.29 is 19.2 Å². The maximum absolute atomic E-state index is 12.4. The van der Waals surface area contributed by atoms with Gasteiger partial charge in [0.25, 0.3) is 11.6 Å². The number of amides is 1. The molecule has 1 aliphatic rings. The Balaban J connectivity index is 2.08. The SMILES string of the molecule is CNc1ccc([N+](=O)[O-])cc1C(=O)OCC(=O)N(C)C1(C#N)CCCCC1. The van der Waals surface area contributed by atoms with E-state index in [1.165, 1.54) is 24.1 Å². The van der Waals surface area contributed by atoms with Crippen LogP contribution in [0.4, 0.5) is 11.4 Å². The zero-order valence-electron chi connectivity index (χ0n) is 15.4. The van der Waals surface area contributed by atoms with Gasteiger partial charge < -0.3 is 15.0 Å². The Morgan fingerprint density at radius 3 is 2.59 bits per heavy atom. The highest BCUT2D eigenvalue weighted by atomic mass is 16.6. The molecule has 0 unspecified atom stereocenters. The van der Waals surface area contributed by atoms with Crippen molar-refractivity contribution >= 4 is 23.3 Å². The van der Waals surface area contributed by atoms with Crippen molar-refractivity contribution in [3.63, 3.8) is 0 Å². The number of carbonyl (C=O) groups excluding carboxylic acids is 2. The van der Waals surface area contributed by atoms with Gasteiger partial charge in [-0.05, 0) is 18.9 Å². The number of rotatable bonds is 6. The zero-order chi connectivity index (χ0) is 20.0. The first-order valence-corrected chi connectivity index (χ1v) is 8.66. The van der Waals surface area contributed by atoms with Gasteiger partial charge in [-0.25, -0.2) is 4.79 Å². The quantitative estimate of drug-likeness (QED) is 0.460. The predicted octanol–water partition coefficient (Wildman–Crippen LogP) is 2.48. The van der Waals surface area contributed by atoms with Gasteiger partial charge in [-0.1, -0.05) is 19.3 Å². The van der Waals surface area contributed by atoms with E-state index in [2.05, 4.69) is 11.4 Å². The highest BCUT2D eigenvalue weighted by molar-refractivity contribution is 5.97. The van der Waals surface area contributed by atoms with Gasteiger partial charge in [-0.3, -0.25) is 14.9 Å². The standard InChI is InChI=1S/C18H22N4O5/c1-20-15-7-6-13(22(25)26)10-14(15)17(24)27-11-16(23)21(2)18(12-19)8-4-3-5-9-18/h6-7,10,20H,3-5,8-9,11H2,1-2H3. The van der Waals surface area contributed by atoms with Crippen molar-refractivity contribution in [1.29, 1.82) is 5.26 Å². The van der Waals surface area contributed by atoms with Gasteiger partial charge in [0, 0.05) is 31.9 Å². The summed E-state index contributed by atoms with van der Waals surface area (Å²) in [7, 11) is 3.10. The van der Waals surface area contributed by atoms with Crippen molar-refractivity contribution in [1.82, 2.24) is 4.90 Å². The normalized spacial score (nSPS) is 15.3. The molecule has 0 saturated heterocycles. The van der Waals surface area contributed by atoms with Crippen LogP contribution in [0.5, 0.6) is 0 Å². The van der Waals surface area contributed by atoms with Crippen LogP contribution >= 0.6 is 0 Å². The van der Waals surface area contributed by atoms with Crippen LogP contribution in [-0.2, 0) is 9.53 Å². The molecule has 2 rings (SSSR count). The Morgan fingerprint density at radius 2 is 2.04 bits per heavy atom. The molecule has 0 spiro atoms. The van der Waals surface area contributed by atoms with Gasteiger partial charge in [0.15, 0.2) is 6.61 Å². The number of nitrogens with one attached hydrogen (secondary N) is 1. The van der Waals surface area contributed by atoms with Gasteiger partial charge in [0.05, 0.1) is 16.6 Å². The summed E-state index contributed by atoms with van der Waals surface area (Å²) in [6.45, 7) is -0.537. The van der Waals surface area contributed by atoms with Gasteiger partial charge in [-0.2, -0.15) is 5.26 Å². The summed E-state index contributed by atoms with van der Waals surface area (Å²) in [5.74, 6) is -1.33. The van der Waals surface area contributed by atoms with Crippen LogP contribution in [0.1, 0.15) is 42.5 Å². The number of ether oxygens (including phenoxy) is 1. The van der Waals surface area contributed by atoms with Crippen LogP contribution in [0.2, 0.25) is 0 Å². The summed E-state index contributed by atoms with van der Waals surface area (Å²) >= 11 is 0. The fraction of sp³-hybridized carbons (Fsp3) is 0.500. The molecule has 0 heterocycles. The first kappa shape index (κ1) is 20.2. The minimum atomic E-state index is -0.872. The molecule has 1 saturated carbocycles. The molecule has 9 nitrogen and oxygen atoms in total. The minimum absolute atomic E-state index is 0.0326. The summed E-state index contributed by atoms with van der Waals surface area (Å²) in [6, 6.07) is 6.00. The van der Waals surface area contributed by atoms with Crippen LogP contribution in [-0.4, -0.2) is 47.9 Å². The number of carbonyl (C=O) groups is 2. The summed E-state index contributed by atoms with van der Waals surface area (Å²) in [5, 5.41) is 23.2. The Labute approximate surface area is 157 Å². The number of non-ortho nitro benzene ring substituents is 1. The molecule has 1 fully saturated rings. The van der Waals surface area contributed by atoms with Crippen molar-refractivity contribution in [2.75, 3.05) is 26.0 Å². The number of nitro benzene ring substituents is 1. The average Bonchev–Trinajstić information content (AvgIpc) is 2.70. The van der Waals surface area contributed by atoms with E-state index in [1.807, 2.05) is 0 Å². The van der Waals surface area contributed by atoms with E-state index in [1.54, 1.807) is 7.05 Å². The van der Waals surface area contributed by atoms with Crippen molar-refractivity contribution in [3.05, 3.63) is 33.9 Å². The van der Waals surface area contributed by atoms with Crippen LogP contribution in [0.3, 0.4) is 0 Å². The van der Waals surface area contributed by atoms with Gasteiger partial charge in [-0.15, -0.1) is 0 Å². The number of likely N-dealkylation sites (N-methyl/N-ethyl adjacent to an activating group) is 1. The van der Waals surface area contributed by atoms with Crippen molar-refractivity contribution in [2.24, 2.45) is 0 Å². The summed E-state index contributed by atoms with van der Waals surface area (Å²) in [6.07, 6.45) is 3.94. The third-order valence-corrected chi connectivity index (χ3v) is 4.93. The summed E-state index contributed by atoms with van der Waals surface area (Å²) in [4.78, 5) is 36.4. The lowest BCUT2D eigenvalue weighted by atomic mass is 9.81. The number of nitro groups is 1. The highest BCUT2D eigenvalue weighted by Gasteiger charge is 2.39. The first-order chi connectivity index (χ1) is 12.8. The van der Waals surface area contributed by atoms with Crippen LogP contribution < -0.4 is 5.32 Å². The number of esters is 1. The number of hydrogen-bond acceptors (Lipinski definition) is 7. The smallest absolute Gasteiger partial charge is 0.341 e. The molecule has 27 heavy (non-hydrogen) atoms. The Morgan fingerprint density at radius 1 is 1.37 bits per heavy atom. The summed E-state index contributed by atoms with van der Waals surface area (Å²) in [5.41, 5.74) is -0.805. The molecule has 0 bridgehead atoms. The van der Waals surface area contributed by atoms with E-state index in [9.17, 15) is 25.0 Å². The number of benzene rings is 1. The number of nitriles is 1. The molecule has 0 radical (unpaired) electrons. The lowest BCUT2D eigenvalue weighted by molar-refractivity contribution is -0.384. The molecule has 9 heteroatoms. The largest absolute Gasteiger partial charge is 0.452 e. The first-order valence-electron chi connectivity index (χ1n) is 8.66. The van der Waals surface area contributed by atoms with E-state index >= 15 is 0 Å². The Hall–Kier alpha value is -3.15. The maximum Gasteiger partial charge on any atom is 0.341 e. The molecule has 1 aliphatic carbocycles. The van der Waals surface area contributed by atoms with E-state index in [4.69, 9.17) is 4.74 Å². The van der Waals surface area contributed by atoms with Crippen LogP contribution in [0.15, 0.2) is 18.2 Å². The van der Waals surface area contributed by atoms with E-state index in [-0.39, 0.29) is 11.3 Å². The van der Waals surface area contributed by atoms with Gasteiger partial charge in [0.1, 0.15) is 5.54 Å². The molecule has 1 aromatic carbocycles. The van der Waals surface area contributed by atoms with E-state index < -0.39 is 28.9 Å². The maximum atomic E-state index is 12.4.